The number of hydrogen-bond acceptors (Lipinski definition) is 5. The second-order valence-corrected chi connectivity index (χ2v) is 6.22. The summed E-state index contributed by atoms with van der Waals surface area (Å²) in [6.07, 6.45) is 1.97. The van der Waals surface area contributed by atoms with Gasteiger partial charge in [0.2, 0.25) is 0 Å². The molecule has 3 aromatic rings. The van der Waals surface area contributed by atoms with Crippen LogP contribution < -0.4 is 0 Å². The number of nitrogens with zero attached hydrogens (tertiary/aromatic N) is 4. The van der Waals surface area contributed by atoms with Gasteiger partial charge in [-0.2, -0.15) is 5.26 Å². The van der Waals surface area contributed by atoms with Gasteiger partial charge in [0, 0.05) is 23.7 Å². The molecule has 0 aliphatic carbocycles. The summed E-state index contributed by atoms with van der Waals surface area (Å²) in [5.41, 5.74) is 2.17. The van der Waals surface area contributed by atoms with Gasteiger partial charge in [0.15, 0.2) is 0 Å². The fraction of sp³-hybridized carbons (Fsp3) is 0.158. The molecule has 3 rings (SSSR count). The van der Waals surface area contributed by atoms with Crippen LogP contribution in [0.3, 0.4) is 0 Å². The molecular weight excluding hydrogens is 332 g/mol. The van der Waals surface area contributed by atoms with E-state index in [1.807, 2.05) is 48.5 Å². The molecule has 1 amide bonds. The number of nitriles is 1. The van der Waals surface area contributed by atoms with E-state index in [0.29, 0.717) is 18.8 Å². The van der Waals surface area contributed by atoms with Crippen molar-refractivity contribution >= 4 is 17.2 Å². The van der Waals surface area contributed by atoms with Gasteiger partial charge in [0.05, 0.1) is 24.7 Å². The quantitative estimate of drug-likeness (QED) is 0.680. The average Bonchev–Trinajstić information content (AvgIpc) is 3.16. The highest BCUT2D eigenvalue weighted by Crippen LogP contribution is 2.24. The van der Waals surface area contributed by atoms with Crippen molar-refractivity contribution in [1.82, 2.24) is 14.9 Å². The Balaban J connectivity index is 1.80. The zero-order valence-electron chi connectivity index (χ0n) is 13.5. The van der Waals surface area contributed by atoms with E-state index in [2.05, 4.69) is 16.0 Å². The molecule has 25 heavy (non-hydrogen) atoms. The SMILES string of the molecule is N#CCCN(Cc1ccccn1)C(=O)c1csc(-c2ccccc2)n1. The lowest BCUT2D eigenvalue weighted by molar-refractivity contribution is 0.0740. The van der Waals surface area contributed by atoms with Crippen molar-refractivity contribution < 1.29 is 4.79 Å². The molecule has 0 bridgehead atoms. The molecule has 0 saturated carbocycles. The lowest BCUT2D eigenvalue weighted by atomic mass is 10.2. The maximum atomic E-state index is 12.8. The summed E-state index contributed by atoms with van der Waals surface area (Å²) in [5, 5.41) is 11.4. The third-order valence-electron chi connectivity index (χ3n) is 3.60. The molecule has 0 unspecified atom stereocenters. The van der Waals surface area contributed by atoms with E-state index in [-0.39, 0.29) is 12.3 Å². The Bertz CT molecular complexity index is 871. The molecule has 0 atom stereocenters. The van der Waals surface area contributed by atoms with Crippen LogP contribution in [-0.4, -0.2) is 27.3 Å². The minimum absolute atomic E-state index is 0.181. The van der Waals surface area contributed by atoms with Crippen molar-refractivity contribution in [2.75, 3.05) is 6.54 Å². The molecule has 2 aromatic heterocycles. The zero-order chi connectivity index (χ0) is 17.5. The summed E-state index contributed by atoms with van der Waals surface area (Å²) >= 11 is 1.44. The van der Waals surface area contributed by atoms with Crippen LogP contribution in [0.2, 0.25) is 0 Å². The number of rotatable bonds is 6. The summed E-state index contributed by atoms with van der Waals surface area (Å²) in [7, 11) is 0. The number of thiazole rings is 1. The minimum Gasteiger partial charge on any atom is -0.330 e. The molecule has 0 radical (unpaired) electrons. The van der Waals surface area contributed by atoms with Gasteiger partial charge in [0.25, 0.3) is 5.91 Å². The Morgan fingerprint density at radius 2 is 1.96 bits per heavy atom. The lowest BCUT2D eigenvalue weighted by Crippen LogP contribution is -2.32. The van der Waals surface area contributed by atoms with Crippen LogP contribution in [0, 0.1) is 11.3 Å². The van der Waals surface area contributed by atoms with E-state index in [1.54, 1.807) is 16.5 Å². The third kappa shape index (κ3) is 4.28. The largest absolute Gasteiger partial charge is 0.330 e. The fourth-order valence-electron chi connectivity index (χ4n) is 2.37. The van der Waals surface area contributed by atoms with Crippen molar-refractivity contribution in [1.29, 1.82) is 5.26 Å². The first kappa shape index (κ1) is 16.8. The second-order valence-electron chi connectivity index (χ2n) is 5.36. The molecule has 5 nitrogen and oxygen atoms in total. The Kier molecular flexibility index (Phi) is 5.50. The number of aromatic nitrogens is 2. The molecule has 0 fully saturated rings. The Morgan fingerprint density at radius 3 is 2.68 bits per heavy atom. The molecule has 2 heterocycles. The first-order valence-electron chi connectivity index (χ1n) is 7.85. The molecule has 124 valence electrons. The number of benzene rings is 1. The number of pyridine rings is 1. The van der Waals surface area contributed by atoms with E-state index in [0.717, 1.165) is 16.3 Å². The van der Waals surface area contributed by atoms with Gasteiger partial charge in [-0.3, -0.25) is 9.78 Å². The van der Waals surface area contributed by atoms with Gasteiger partial charge in [0.1, 0.15) is 10.7 Å². The van der Waals surface area contributed by atoms with E-state index >= 15 is 0 Å². The van der Waals surface area contributed by atoms with E-state index in [1.165, 1.54) is 11.3 Å². The van der Waals surface area contributed by atoms with Crippen LogP contribution in [0.4, 0.5) is 0 Å². The third-order valence-corrected chi connectivity index (χ3v) is 4.50. The highest BCUT2D eigenvalue weighted by Gasteiger charge is 2.19. The van der Waals surface area contributed by atoms with Gasteiger partial charge in [-0.15, -0.1) is 11.3 Å². The number of carbonyl (C=O) groups excluding carboxylic acids is 1. The van der Waals surface area contributed by atoms with E-state index in [9.17, 15) is 4.79 Å². The first-order valence-corrected chi connectivity index (χ1v) is 8.73. The topological polar surface area (TPSA) is 69.9 Å². The van der Waals surface area contributed by atoms with Crippen molar-refractivity contribution in [2.24, 2.45) is 0 Å². The molecule has 0 spiro atoms. The molecule has 0 aliphatic heterocycles. The summed E-state index contributed by atoms with van der Waals surface area (Å²) in [6, 6.07) is 17.4. The fourth-order valence-corrected chi connectivity index (χ4v) is 3.17. The standard InChI is InChI=1S/C19H16N4OS/c20-10-6-12-23(13-16-9-4-5-11-21-16)19(24)17-14-25-18(22-17)15-7-2-1-3-8-15/h1-5,7-9,11,14H,6,12-13H2. The molecule has 0 saturated heterocycles. The molecule has 0 N–H and O–H groups in total. The first-order chi connectivity index (χ1) is 12.3. The minimum atomic E-state index is -0.181. The van der Waals surface area contributed by atoms with Crippen LogP contribution in [0.1, 0.15) is 22.6 Å². The van der Waals surface area contributed by atoms with Crippen LogP contribution in [0.5, 0.6) is 0 Å². The predicted octanol–water partition coefficient (Wildman–Crippen LogP) is 3.76. The molecular formula is C19H16N4OS. The maximum Gasteiger partial charge on any atom is 0.273 e. The monoisotopic (exact) mass is 348 g/mol. The second kappa shape index (κ2) is 8.18. The van der Waals surface area contributed by atoms with Gasteiger partial charge in [-0.25, -0.2) is 4.98 Å². The van der Waals surface area contributed by atoms with Crippen LogP contribution in [-0.2, 0) is 6.54 Å². The number of amides is 1. The van der Waals surface area contributed by atoms with Gasteiger partial charge < -0.3 is 4.90 Å². The van der Waals surface area contributed by atoms with Crippen molar-refractivity contribution in [2.45, 2.75) is 13.0 Å². The Morgan fingerprint density at radius 1 is 1.16 bits per heavy atom. The number of hydrogen-bond donors (Lipinski definition) is 0. The van der Waals surface area contributed by atoms with E-state index < -0.39 is 0 Å². The molecule has 1 aromatic carbocycles. The van der Waals surface area contributed by atoms with Gasteiger partial charge in [-0.05, 0) is 12.1 Å². The van der Waals surface area contributed by atoms with Crippen molar-refractivity contribution in [3.8, 4) is 16.6 Å². The van der Waals surface area contributed by atoms with Crippen molar-refractivity contribution in [3.05, 3.63) is 71.5 Å². The zero-order valence-corrected chi connectivity index (χ0v) is 14.3. The normalized spacial score (nSPS) is 10.2. The Hall–Kier alpha value is -3.04. The maximum absolute atomic E-state index is 12.8. The summed E-state index contributed by atoms with van der Waals surface area (Å²) in [6.45, 7) is 0.712. The van der Waals surface area contributed by atoms with Crippen LogP contribution in [0.15, 0.2) is 60.1 Å². The highest BCUT2D eigenvalue weighted by atomic mass is 32.1. The Labute approximate surface area is 150 Å². The van der Waals surface area contributed by atoms with Gasteiger partial charge in [-0.1, -0.05) is 36.4 Å². The highest BCUT2D eigenvalue weighted by molar-refractivity contribution is 7.13. The van der Waals surface area contributed by atoms with Crippen LogP contribution in [0.25, 0.3) is 10.6 Å². The van der Waals surface area contributed by atoms with Crippen LogP contribution >= 0.6 is 11.3 Å². The number of carbonyl (C=O) groups is 1. The molecule has 0 aliphatic rings. The predicted molar refractivity (Wildman–Crippen MR) is 96.8 cm³/mol. The van der Waals surface area contributed by atoms with E-state index in [4.69, 9.17) is 5.26 Å². The smallest absolute Gasteiger partial charge is 0.273 e. The molecule has 6 heteroatoms. The average molecular weight is 348 g/mol. The summed E-state index contributed by atoms with van der Waals surface area (Å²) in [4.78, 5) is 23.2. The summed E-state index contributed by atoms with van der Waals surface area (Å²) in [5.74, 6) is -0.181. The van der Waals surface area contributed by atoms with Gasteiger partial charge >= 0.3 is 0 Å². The lowest BCUT2D eigenvalue weighted by Gasteiger charge is -2.20. The summed E-state index contributed by atoms with van der Waals surface area (Å²) < 4.78 is 0. The van der Waals surface area contributed by atoms with Crippen molar-refractivity contribution in [3.63, 3.8) is 0 Å².